The lowest BCUT2D eigenvalue weighted by Gasteiger charge is -2.29. The summed E-state index contributed by atoms with van der Waals surface area (Å²) >= 11 is 1.46. The minimum Gasteiger partial charge on any atom is -0.326 e. The van der Waals surface area contributed by atoms with Crippen LogP contribution in [0.15, 0.2) is 60.7 Å². The van der Waals surface area contributed by atoms with Crippen molar-refractivity contribution in [3.63, 3.8) is 0 Å². The Morgan fingerprint density at radius 1 is 0.816 bits per heavy atom. The zero-order valence-corrected chi connectivity index (χ0v) is 22.4. The number of benzene rings is 3. The first kappa shape index (κ1) is 25.0. The van der Waals surface area contributed by atoms with E-state index in [1.807, 2.05) is 18.2 Å². The summed E-state index contributed by atoms with van der Waals surface area (Å²) in [5, 5.41) is 13.0. The smallest absolute Gasteiger partial charge is 0.229 e. The van der Waals surface area contributed by atoms with Gasteiger partial charge in [0.1, 0.15) is 0 Å². The van der Waals surface area contributed by atoms with E-state index in [9.17, 15) is 9.59 Å². The van der Waals surface area contributed by atoms with Gasteiger partial charge in [-0.1, -0.05) is 67.0 Å². The van der Waals surface area contributed by atoms with Crippen molar-refractivity contribution >= 4 is 55.0 Å². The van der Waals surface area contributed by atoms with Crippen LogP contribution in [0.1, 0.15) is 56.9 Å². The SMILES string of the molecule is O=C(Nc1ccc2nc(NC(=O)[C@@H]3CCC[C@H](NCc4ccc5ccccc5c4)C3)sc2c1)C1CCCC1. The number of rotatable bonds is 7. The summed E-state index contributed by atoms with van der Waals surface area (Å²) in [6, 6.07) is 21.1. The van der Waals surface area contributed by atoms with E-state index in [4.69, 9.17) is 0 Å². The normalized spacial score (nSPS) is 20.1. The molecule has 0 bridgehead atoms. The number of thiazole rings is 1. The van der Waals surface area contributed by atoms with Crippen molar-refractivity contribution in [1.29, 1.82) is 0 Å². The molecule has 1 heterocycles. The fraction of sp³-hybridized carbons (Fsp3) is 0.387. The molecule has 0 aliphatic heterocycles. The van der Waals surface area contributed by atoms with E-state index in [0.717, 1.165) is 73.8 Å². The molecule has 7 heteroatoms. The van der Waals surface area contributed by atoms with Gasteiger partial charge in [0.25, 0.3) is 0 Å². The molecule has 2 fully saturated rings. The van der Waals surface area contributed by atoms with Gasteiger partial charge in [0, 0.05) is 30.1 Å². The molecule has 0 unspecified atom stereocenters. The molecule has 2 saturated carbocycles. The van der Waals surface area contributed by atoms with Gasteiger partial charge >= 0.3 is 0 Å². The van der Waals surface area contributed by atoms with Crippen LogP contribution in [0.2, 0.25) is 0 Å². The van der Waals surface area contributed by atoms with E-state index in [-0.39, 0.29) is 23.7 Å². The van der Waals surface area contributed by atoms with Crippen molar-refractivity contribution in [2.45, 2.75) is 64.0 Å². The Kier molecular flexibility index (Phi) is 7.38. The highest BCUT2D eigenvalue weighted by Gasteiger charge is 2.28. The van der Waals surface area contributed by atoms with Crippen LogP contribution in [-0.2, 0) is 16.1 Å². The number of aromatic nitrogens is 1. The van der Waals surface area contributed by atoms with Crippen LogP contribution in [-0.4, -0.2) is 22.8 Å². The molecule has 1 aromatic heterocycles. The molecular weight excluding hydrogens is 492 g/mol. The van der Waals surface area contributed by atoms with Crippen molar-refractivity contribution in [2.75, 3.05) is 10.6 Å². The number of hydrogen-bond acceptors (Lipinski definition) is 5. The zero-order chi connectivity index (χ0) is 25.9. The summed E-state index contributed by atoms with van der Waals surface area (Å²) in [6.07, 6.45) is 8.10. The summed E-state index contributed by atoms with van der Waals surface area (Å²) in [6.45, 7) is 0.807. The van der Waals surface area contributed by atoms with Crippen molar-refractivity contribution in [3.8, 4) is 0 Å². The number of carbonyl (C=O) groups excluding carboxylic acids is 2. The number of hydrogen-bond donors (Lipinski definition) is 3. The van der Waals surface area contributed by atoms with Gasteiger partial charge in [0.05, 0.1) is 10.2 Å². The van der Waals surface area contributed by atoms with E-state index in [1.165, 1.54) is 27.7 Å². The Morgan fingerprint density at radius 2 is 1.61 bits per heavy atom. The maximum atomic E-state index is 13.1. The number of nitrogens with one attached hydrogen (secondary N) is 3. The summed E-state index contributed by atoms with van der Waals surface area (Å²) in [5.41, 5.74) is 2.90. The van der Waals surface area contributed by atoms with Gasteiger partial charge < -0.3 is 16.0 Å². The van der Waals surface area contributed by atoms with Crippen LogP contribution in [0, 0.1) is 11.8 Å². The lowest BCUT2D eigenvalue weighted by molar-refractivity contribution is -0.121. The molecule has 0 spiro atoms. The molecule has 3 N–H and O–H groups in total. The Balaban J connectivity index is 1.04. The van der Waals surface area contributed by atoms with Gasteiger partial charge in [0.15, 0.2) is 5.13 Å². The van der Waals surface area contributed by atoms with E-state index in [2.05, 4.69) is 63.4 Å². The van der Waals surface area contributed by atoms with Crippen LogP contribution < -0.4 is 16.0 Å². The third-order valence-electron chi connectivity index (χ3n) is 8.07. The van der Waals surface area contributed by atoms with E-state index in [1.54, 1.807) is 0 Å². The molecule has 4 aromatic rings. The van der Waals surface area contributed by atoms with Crippen LogP contribution in [0.5, 0.6) is 0 Å². The average Bonchev–Trinajstić information content (AvgIpc) is 3.62. The quantitative estimate of drug-likeness (QED) is 0.246. The number of fused-ring (bicyclic) bond motifs is 2. The fourth-order valence-corrected chi connectivity index (χ4v) is 6.83. The molecule has 2 aliphatic rings. The zero-order valence-electron chi connectivity index (χ0n) is 21.5. The third kappa shape index (κ3) is 5.74. The first-order valence-corrected chi connectivity index (χ1v) is 14.7. The number of amides is 2. The first-order chi connectivity index (χ1) is 18.6. The maximum absolute atomic E-state index is 13.1. The average molecular weight is 527 g/mol. The fourth-order valence-electron chi connectivity index (χ4n) is 5.92. The molecule has 38 heavy (non-hydrogen) atoms. The molecular formula is C31H34N4O2S. The van der Waals surface area contributed by atoms with Crippen molar-refractivity contribution in [2.24, 2.45) is 11.8 Å². The summed E-state index contributed by atoms with van der Waals surface area (Å²) in [4.78, 5) is 30.3. The minimum atomic E-state index is -0.0221. The second-order valence-electron chi connectivity index (χ2n) is 10.8. The molecule has 196 valence electrons. The van der Waals surface area contributed by atoms with Gasteiger partial charge in [-0.15, -0.1) is 0 Å². The van der Waals surface area contributed by atoms with E-state index in [0.29, 0.717) is 11.2 Å². The molecule has 6 rings (SSSR count). The molecule has 2 aliphatic carbocycles. The number of nitrogens with zero attached hydrogens (tertiary/aromatic N) is 1. The molecule has 2 amide bonds. The largest absolute Gasteiger partial charge is 0.326 e. The number of anilines is 2. The highest BCUT2D eigenvalue weighted by molar-refractivity contribution is 7.22. The Labute approximate surface area is 227 Å². The molecule has 2 atom stereocenters. The predicted octanol–water partition coefficient (Wildman–Crippen LogP) is 6.87. The summed E-state index contributed by atoms with van der Waals surface area (Å²) in [5.74, 6) is 0.270. The minimum absolute atomic E-state index is 0.0221. The van der Waals surface area contributed by atoms with Crippen molar-refractivity contribution < 1.29 is 9.59 Å². The highest BCUT2D eigenvalue weighted by atomic mass is 32.1. The predicted molar refractivity (Wildman–Crippen MR) is 155 cm³/mol. The number of carbonyl (C=O) groups is 2. The van der Waals surface area contributed by atoms with E-state index >= 15 is 0 Å². The monoisotopic (exact) mass is 526 g/mol. The van der Waals surface area contributed by atoms with Crippen LogP contribution in [0.4, 0.5) is 10.8 Å². The van der Waals surface area contributed by atoms with Gasteiger partial charge in [-0.25, -0.2) is 4.98 Å². The highest BCUT2D eigenvalue weighted by Crippen LogP contribution is 2.32. The molecule has 0 radical (unpaired) electrons. The molecule has 6 nitrogen and oxygen atoms in total. The lowest BCUT2D eigenvalue weighted by Crippen LogP contribution is -2.37. The lowest BCUT2D eigenvalue weighted by atomic mass is 9.85. The van der Waals surface area contributed by atoms with Gasteiger partial charge in [-0.05, 0) is 72.7 Å². The Bertz CT molecular complexity index is 1460. The van der Waals surface area contributed by atoms with Crippen LogP contribution in [0.25, 0.3) is 21.0 Å². The van der Waals surface area contributed by atoms with Crippen LogP contribution in [0.3, 0.4) is 0 Å². The standard InChI is InChI=1S/C31H34N4O2S/c36-29(22-7-2-3-8-22)33-26-14-15-27-28(18-26)38-31(34-27)35-30(37)24-10-5-11-25(17-24)32-19-20-12-13-21-6-1-4-9-23(21)16-20/h1,4,6,9,12-16,18,22,24-25,32H,2-3,5,7-8,10-11,17,19H2,(H,33,36)(H,34,35,37)/t24-,25+/m1/s1. The van der Waals surface area contributed by atoms with E-state index < -0.39 is 0 Å². The molecule has 0 saturated heterocycles. The second kappa shape index (κ2) is 11.2. The van der Waals surface area contributed by atoms with Crippen molar-refractivity contribution in [1.82, 2.24) is 10.3 Å². The van der Waals surface area contributed by atoms with Crippen molar-refractivity contribution in [3.05, 3.63) is 66.2 Å². The molecule has 3 aromatic carbocycles. The van der Waals surface area contributed by atoms with Gasteiger partial charge in [-0.3, -0.25) is 9.59 Å². The summed E-state index contributed by atoms with van der Waals surface area (Å²) < 4.78 is 0.961. The maximum Gasteiger partial charge on any atom is 0.229 e. The van der Waals surface area contributed by atoms with Gasteiger partial charge in [-0.2, -0.15) is 0 Å². The van der Waals surface area contributed by atoms with Crippen LogP contribution >= 0.6 is 11.3 Å². The Hall–Kier alpha value is -3.29. The topological polar surface area (TPSA) is 83.1 Å². The second-order valence-corrected chi connectivity index (χ2v) is 11.8. The Morgan fingerprint density at radius 3 is 2.47 bits per heavy atom. The first-order valence-electron chi connectivity index (χ1n) is 13.8. The van der Waals surface area contributed by atoms with Gasteiger partial charge in [0.2, 0.25) is 11.8 Å². The third-order valence-corrected chi connectivity index (χ3v) is 9.00. The summed E-state index contributed by atoms with van der Waals surface area (Å²) in [7, 11) is 0.